The van der Waals surface area contributed by atoms with Crippen molar-refractivity contribution in [1.29, 1.82) is 0 Å². The molecular weight excluding hydrogens is 109 g/mol. The molecule has 0 aliphatic carbocycles. The molecule has 0 bridgehead atoms. The predicted octanol–water partition coefficient (Wildman–Crippen LogP) is 0.645. The summed E-state index contributed by atoms with van der Waals surface area (Å²) < 4.78 is 2.17. The van der Waals surface area contributed by atoms with Crippen LogP contribution in [0.4, 0.5) is 0 Å². The molecule has 0 aromatic heterocycles. The van der Waals surface area contributed by atoms with Crippen LogP contribution in [0, 0.1) is 12.9 Å². The molecule has 0 fully saturated rings. The number of hydrogen-bond acceptors (Lipinski definition) is 0. The number of hydrogen-bond donors (Lipinski definition) is 0. The average Bonchev–Trinajstić information content (AvgIpc) is 2.33. The van der Waals surface area contributed by atoms with Gasteiger partial charge in [0.15, 0.2) is 0 Å². The minimum Gasteiger partial charge on any atom is -0.435 e. The highest BCUT2D eigenvalue weighted by atomic mass is 14.9. The molecule has 2 heteroatoms. The van der Waals surface area contributed by atoms with Gasteiger partial charge in [0.2, 0.25) is 0 Å². The van der Waals surface area contributed by atoms with Crippen LogP contribution in [0.1, 0.15) is 0 Å². The highest BCUT2D eigenvalue weighted by Gasteiger charge is 2.15. The molecule has 9 heavy (non-hydrogen) atoms. The molecule has 2 rings (SSSR count). The standard InChI is InChI=1S/C7H7BN/c1-2-6-9-7-3-5-8(9)4-1/h1-7H/q-1. The average molecular weight is 116 g/mol. The fraction of sp³-hybridized carbons (Fsp3) is 0. The van der Waals surface area contributed by atoms with Gasteiger partial charge in [-0.05, 0) is 6.21 Å². The maximum absolute atomic E-state index is 2.17. The smallest absolute Gasteiger partial charge is 0.354 e. The zero-order chi connectivity index (χ0) is 6.10. The van der Waals surface area contributed by atoms with E-state index in [1.165, 1.54) is 0 Å². The molecule has 0 spiro atoms. The molecule has 0 saturated carbocycles. The van der Waals surface area contributed by atoms with Gasteiger partial charge >= 0.3 is 6.85 Å². The summed E-state index contributed by atoms with van der Waals surface area (Å²) >= 11 is 0. The minimum atomic E-state index is 0.495. The van der Waals surface area contributed by atoms with Crippen molar-refractivity contribution in [2.75, 3.05) is 0 Å². The van der Waals surface area contributed by atoms with E-state index in [1.807, 2.05) is 6.08 Å². The maximum atomic E-state index is 2.17. The normalized spacial score (nSPS) is 20.4. The number of nitrogens with zero attached hydrogens (tertiary/aromatic N) is 1. The first-order valence-electron chi connectivity index (χ1n) is 3.11. The lowest BCUT2D eigenvalue weighted by Gasteiger charge is -2.16. The highest BCUT2D eigenvalue weighted by molar-refractivity contribution is 6.62. The second kappa shape index (κ2) is 1.73. The first-order chi connectivity index (χ1) is 4.47. The Labute approximate surface area is 55.5 Å². The van der Waals surface area contributed by atoms with E-state index in [9.17, 15) is 0 Å². The van der Waals surface area contributed by atoms with E-state index in [2.05, 4.69) is 41.7 Å². The fourth-order valence-electron chi connectivity index (χ4n) is 1.10. The zero-order valence-corrected chi connectivity index (χ0v) is 5.07. The van der Waals surface area contributed by atoms with E-state index in [4.69, 9.17) is 0 Å². The summed E-state index contributed by atoms with van der Waals surface area (Å²) in [5, 5.41) is 0. The second-order valence-corrected chi connectivity index (χ2v) is 2.20. The summed E-state index contributed by atoms with van der Waals surface area (Å²) in [5.41, 5.74) is 0. The molecular formula is C7H7BN-. The van der Waals surface area contributed by atoms with Crippen molar-refractivity contribution < 1.29 is 4.49 Å². The zero-order valence-electron chi connectivity index (χ0n) is 5.07. The molecule has 0 unspecified atom stereocenters. The third-order valence-corrected chi connectivity index (χ3v) is 1.59. The van der Waals surface area contributed by atoms with Gasteiger partial charge in [0.25, 0.3) is 0 Å². The lowest BCUT2D eigenvalue weighted by Crippen LogP contribution is -2.25. The topological polar surface area (TPSA) is 3.01 Å². The van der Waals surface area contributed by atoms with E-state index in [-0.39, 0.29) is 0 Å². The summed E-state index contributed by atoms with van der Waals surface area (Å²) in [6.45, 7) is 2.57. The van der Waals surface area contributed by atoms with Crippen LogP contribution in [-0.2, 0) is 0 Å². The van der Waals surface area contributed by atoms with Gasteiger partial charge in [0, 0.05) is 6.54 Å². The third kappa shape index (κ3) is 0.671. The molecule has 2 aliphatic heterocycles. The number of rotatable bonds is 0. The Morgan fingerprint density at radius 3 is 3.22 bits per heavy atom. The van der Waals surface area contributed by atoms with Gasteiger partial charge in [-0.1, -0.05) is 0 Å². The van der Waals surface area contributed by atoms with Gasteiger partial charge in [-0.25, -0.2) is 12.2 Å². The summed E-state index contributed by atoms with van der Waals surface area (Å²) in [6, 6.07) is 0. The summed E-state index contributed by atoms with van der Waals surface area (Å²) in [6.07, 6.45) is 10.4. The molecule has 2 aliphatic rings. The molecule has 0 amide bonds. The van der Waals surface area contributed by atoms with E-state index in [0.29, 0.717) is 6.85 Å². The molecule has 1 nitrogen and oxygen atoms in total. The van der Waals surface area contributed by atoms with Crippen LogP contribution in [0.2, 0.25) is 0 Å². The van der Waals surface area contributed by atoms with Crippen molar-refractivity contribution in [1.82, 2.24) is 0 Å². The summed E-state index contributed by atoms with van der Waals surface area (Å²) in [4.78, 5) is 0. The molecule has 44 valence electrons. The highest BCUT2D eigenvalue weighted by Crippen LogP contribution is 2.08. The van der Waals surface area contributed by atoms with Crippen LogP contribution in [0.15, 0.2) is 24.2 Å². The number of allylic oxidation sites excluding steroid dienone is 2. The van der Waals surface area contributed by atoms with Crippen LogP contribution in [0.5, 0.6) is 0 Å². The lowest BCUT2D eigenvalue weighted by atomic mass is 9.59. The van der Waals surface area contributed by atoms with Crippen molar-refractivity contribution >= 4 is 13.1 Å². The fourth-order valence-corrected chi connectivity index (χ4v) is 1.10. The van der Waals surface area contributed by atoms with E-state index in [1.54, 1.807) is 0 Å². The van der Waals surface area contributed by atoms with Gasteiger partial charge in [0.05, 0.1) is 0 Å². The van der Waals surface area contributed by atoms with Crippen LogP contribution in [-0.4, -0.2) is 17.5 Å². The molecule has 0 atom stereocenters. The van der Waals surface area contributed by atoms with Gasteiger partial charge < -0.3 is 4.49 Å². The van der Waals surface area contributed by atoms with E-state index in [0.717, 1.165) is 0 Å². The number of fused-ring (bicyclic) bond motifs is 1. The quantitative estimate of drug-likeness (QED) is 0.322. The minimum absolute atomic E-state index is 0.495. The van der Waals surface area contributed by atoms with Crippen LogP contribution in [0.3, 0.4) is 0 Å². The SMILES string of the molecule is C1=C[CH-]B2C=C[CH-][N+]2=C1. The first kappa shape index (κ1) is 4.80. The Bertz CT molecular complexity index is 203. The molecule has 0 aromatic carbocycles. The summed E-state index contributed by atoms with van der Waals surface area (Å²) in [5.74, 6) is 2.17. The predicted molar refractivity (Wildman–Crippen MR) is 39.0 cm³/mol. The third-order valence-electron chi connectivity index (χ3n) is 1.59. The van der Waals surface area contributed by atoms with Crippen LogP contribution < -0.4 is 0 Å². The summed E-state index contributed by atoms with van der Waals surface area (Å²) in [7, 11) is 0. The monoisotopic (exact) mass is 116 g/mol. The van der Waals surface area contributed by atoms with Gasteiger partial charge in [0.1, 0.15) is 0 Å². The van der Waals surface area contributed by atoms with Crippen molar-refractivity contribution in [2.24, 2.45) is 0 Å². The Morgan fingerprint density at radius 2 is 2.33 bits per heavy atom. The molecule has 2 heterocycles. The van der Waals surface area contributed by atoms with Gasteiger partial charge in [-0.2, -0.15) is 6.32 Å². The Hall–Kier alpha value is -1.05. The van der Waals surface area contributed by atoms with Gasteiger partial charge in [-0.15, -0.1) is 12.1 Å². The Kier molecular flexibility index (Phi) is 0.920. The molecule has 0 radical (unpaired) electrons. The van der Waals surface area contributed by atoms with Crippen molar-refractivity contribution in [3.8, 4) is 0 Å². The molecule has 0 saturated heterocycles. The molecule has 0 N–H and O–H groups in total. The van der Waals surface area contributed by atoms with E-state index < -0.39 is 0 Å². The van der Waals surface area contributed by atoms with Crippen molar-refractivity contribution in [2.45, 2.75) is 0 Å². The Morgan fingerprint density at radius 1 is 1.33 bits per heavy atom. The van der Waals surface area contributed by atoms with Crippen LogP contribution >= 0.6 is 0 Å². The largest absolute Gasteiger partial charge is 0.435 e. The van der Waals surface area contributed by atoms with Crippen molar-refractivity contribution in [3.05, 3.63) is 37.1 Å². The lowest BCUT2D eigenvalue weighted by molar-refractivity contribution is -0.319. The maximum Gasteiger partial charge on any atom is 0.354 e. The van der Waals surface area contributed by atoms with Crippen molar-refractivity contribution in [3.63, 3.8) is 0 Å². The van der Waals surface area contributed by atoms with E-state index >= 15 is 0 Å². The van der Waals surface area contributed by atoms with Gasteiger partial charge in [-0.3, -0.25) is 0 Å². The Balaban J connectivity index is 2.29. The van der Waals surface area contributed by atoms with Crippen LogP contribution in [0.25, 0.3) is 0 Å². The second-order valence-electron chi connectivity index (χ2n) is 2.20. The first-order valence-corrected chi connectivity index (χ1v) is 3.11. The molecule has 0 aromatic rings.